The van der Waals surface area contributed by atoms with Gasteiger partial charge in [-0.3, -0.25) is 4.79 Å². The van der Waals surface area contributed by atoms with Crippen LogP contribution in [-0.4, -0.2) is 23.2 Å². The first-order valence-corrected chi connectivity index (χ1v) is 5.63. The summed E-state index contributed by atoms with van der Waals surface area (Å²) < 4.78 is 0. The van der Waals surface area contributed by atoms with Crippen molar-refractivity contribution in [2.45, 2.75) is 31.2 Å². The fraction of sp³-hybridized carbons (Fsp3) is 0.462. The Bertz CT molecular complexity index is 371. The first-order chi connectivity index (χ1) is 7.61. The molecule has 1 fully saturated rings. The highest BCUT2D eigenvalue weighted by molar-refractivity contribution is 5.76. The standard InChI is InChI=1S/C13H17NO2/c1-13(7-8-13)14-9-11(12(15)16)10-5-3-2-4-6-10/h2-6,11,14H,7-9H2,1H3,(H,15,16). The van der Waals surface area contributed by atoms with Crippen LogP contribution in [0.25, 0.3) is 0 Å². The summed E-state index contributed by atoms with van der Waals surface area (Å²) in [7, 11) is 0. The Morgan fingerprint density at radius 3 is 2.56 bits per heavy atom. The molecule has 0 aliphatic heterocycles. The van der Waals surface area contributed by atoms with Crippen LogP contribution in [0.2, 0.25) is 0 Å². The predicted octanol–water partition coefficient (Wildman–Crippen LogP) is 2.00. The minimum atomic E-state index is -0.761. The molecular weight excluding hydrogens is 202 g/mol. The summed E-state index contributed by atoms with van der Waals surface area (Å²) in [5.41, 5.74) is 1.05. The van der Waals surface area contributed by atoms with E-state index < -0.39 is 11.9 Å². The van der Waals surface area contributed by atoms with Gasteiger partial charge in [0.05, 0.1) is 5.92 Å². The molecule has 0 saturated heterocycles. The molecule has 2 rings (SSSR count). The first kappa shape index (κ1) is 11.1. The molecule has 1 aromatic carbocycles. The van der Waals surface area contributed by atoms with Crippen molar-refractivity contribution in [1.29, 1.82) is 0 Å². The molecule has 0 heterocycles. The largest absolute Gasteiger partial charge is 0.481 e. The number of carboxylic acid groups (broad SMARTS) is 1. The minimum Gasteiger partial charge on any atom is -0.481 e. The second-order valence-electron chi connectivity index (χ2n) is 4.74. The van der Waals surface area contributed by atoms with Crippen LogP contribution in [-0.2, 0) is 4.79 Å². The highest BCUT2D eigenvalue weighted by atomic mass is 16.4. The quantitative estimate of drug-likeness (QED) is 0.796. The molecule has 1 saturated carbocycles. The van der Waals surface area contributed by atoms with Gasteiger partial charge in [0.2, 0.25) is 0 Å². The van der Waals surface area contributed by atoms with Crippen LogP contribution in [0.1, 0.15) is 31.2 Å². The summed E-state index contributed by atoms with van der Waals surface area (Å²) in [6.07, 6.45) is 2.29. The molecule has 1 atom stereocenters. The Hall–Kier alpha value is -1.35. The molecule has 86 valence electrons. The lowest BCUT2D eigenvalue weighted by molar-refractivity contribution is -0.138. The van der Waals surface area contributed by atoms with Crippen molar-refractivity contribution < 1.29 is 9.90 Å². The van der Waals surface area contributed by atoms with Crippen LogP contribution >= 0.6 is 0 Å². The molecule has 0 bridgehead atoms. The zero-order valence-corrected chi connectivity index (χ0v) is 9.44. The number of rotatable bonds is 5. The van der Waals surface area contributed by atoms with E-state index in [1.807, 2.05) is 30.3 Å². The maximum absolute atomic E-state index is 11.2. The number of nitrogens with one attached hydrogen (secondary N) is 1. The van der Waals surface area contributed by atoms with Gasteiger partial charge < -0.3 is 10.4 Å². The molecular formula is C13H17NO2. The lowest BCUT2D eigenvalue weighted by atomic mass is 9.99. The molecule has 0 radical (unpaired) electrons. The number of aliphatic carboxylic acids is 1. The van der Waals surface area contributed by atoms with Crippen molar-refractivity contribution in [3.05, 3.63) is 35.9 Å². The van der Waals surface area contributed by atoms with Gasteiger partial charge in [-0.2, -0.15) is 0 Å². The molecule has 16 heavy (non-hydrogen) atoms. The molecule has 0 spiro atoms. The number of hydrogen-bond acceptors (Lipinski definition) is 2. The zero-order chi connectivity index (χ0) is 11.6. The minimum absolute atomic E-state index is 0.183. The van der Waals surface area contributed by atoms with Crippen LogP contribution < -0.4 is 5.32 Å². The number of hydrogen-bond donors (Lipinski definition) is 2. The van der Waals surface area contributed by atoms with Gasteiger partial charge in [0.1, 0.15) is 0 Å². The van der Waals surface area contributed by atoms with Gasteiger partial charge in [-0.05, 0) is 25.3 Å². The van der Waals surface area contributed by atoms with Crippen LogP contribution in [0.3, 0.4) is 0 Å². The van der Waals surface area contributed by atoms with Crippen LogP contribution in [0.5, 0.6) is 0 Å². The summed E-state index contributed by atoms with van der Waals surface area (Å²) in [6.45, 7) is 2.65. The third kappa shape index (κ3) is 2.61. The second kappa shape index (κ2) is 4.26. The molecule has 1 aromatic rings. The van der Waals surface area contributed by atoms with Crippen LogP contribution in [0, 0.1) is 0 Å². The topological polar surface area (TPSA) is 49.3 Å². The van der Waals surface area contributed by atoms with E-state index in [1.165, 1.54) is 0 Å². The molecule has 2 N–H and O–H groups in total. The Morgan fingerprint density at radius 1 is 1.44 bits per heavy atom. The lowest BCUT2D eigenvalue weighted by Gasteiger charge is -2.17. The molecule has 1 unspecified atom stereocenters. The maximum Gasteiger partial charge on any atom is 0.312 e. The Balaban J connectivity index is 2.03. The van der Waals surface area contributed by atoms with E-state index in [4.69, 9.17) is 0 Å². The highest BCUT2D eigenvalue weighted by Crippen LogP contribution is 2.34. The van der Waals surface area contributed by atoms with Crippen LogP contribution in [0.15, 0.2) is 30.3 Å². The normalized spacial score (nSPS) is 19.1. The fourth-order valence-corrected chi connectivity index (χ4v) is 1.75. The summed E-state index contributed by atoms with van der Waals surface area (Å²) in [5.74, 6) is -1.21. The van der Waals surface area contributed by atoms with Gasteiger partial charge in [0.15, 0.2) is 0 Å². The van der Waals surface area contributed by atoms with Crippen molar-refractivity contribution >= 4 is 5.97 Å². The smallest absolute Gasteiger partial charge is 0.312 e. The van der Waals surface area contributed by atoms with Crippen molar-refractivity contribution in [2.24, 2.45) is 0 Å². The zero-order valence-electron chi connectivity index (χ0n) is 9.44. The average molecular weight is 219 g/mol. The molecule has 1 aliphatic carbocycles. The number of benzene rings is 1. The summed E-state index contributed by atoms with van der Waals surface area (Å²) in [4.78, 5) is 11.2. The van der Waals surface area contributed by atoms with Crippen molar-refractivity contribution in [2.75, 3.05) is 6.54 Å². The van der Waals surface area contributed by atoms with Crippen LogP contribution in [0.4, 0.5) is 0 Å². The summed E-state index contributed by atoms with van der Waals surface area (Å²) in [6, 6.07) is 9.40. The molecule has 3 nitrogen and oxygen atoms in total. The van der Waals surface area contributed by atoms with Crippen molar-refractivity contribution in [3.8, 4) is 0 Å². The second-order valence-corrected chi connectivity index (χ2v) is 4.74. The van der Waals surface area contributed by atoms with E-state index in [0.717, 1.165) is 18.4 Å². The van der Waals surface area contributed by atoms with Gasteiger partial charge in [0, 0.05) is 12.1 Å². The number of carboxylic acids is 1. The third-order valence-electron chi connectivity index (χ3n) is 3.23. The van der Waals surface area contributed by atoms with E-state index in [-0.39, 0.29) is 5.54 Å². The predicted molar refractivity (Wildman–Crippen MR) is 62.5 cm³/mol. The van der Waals surface area contributed by atoms with Crippen molar-refractivity contribution in [1.82, 2.24) is 5.32 Å². The Morgan fingerprint density at radius 2 is 2.06 bits per heavy atom. The van der Waals surface area contributed by atoms with Crippen molar-refractivity contribution in [3.63, 3.8) is 0 Å². The van der Waals surface area contributed by atoms with Gasteiger partial charge in [-0.15, -0.1) is 0 Å². The lowest BCUT2D eigenvalue weighted by Crippen LogP contribution is -2.34. The van der Waals surface area contributed by atoms with E-state index in [0.29, 0.717) is 6.54 Å². The number of carbonyl (C=O) groups is 1. The fourth-order valence-electron chi connectivity index (χ4n) is 1.75. The van der Waals surface area contributed by atoms with Gasteiger partial charge in [-0.1, -0.05) is 30.3 Å². The monoisotopic (exact) mass is 219 g/mol. The van der Waals surface area contributed by atoms with E-state index in [9.17, 15) is 9.90 Å². The molecule has 3 heteroatoms. The molecule has 0 aromatic heterocycles. The van der Waals surface area contributed by atoms with Gasteiger partial charge in [-0.25, -0.2) is 0 Å². The van der Waals surface area contributed by atoms with Gasteiger partial charge >= 0.3 is 5.97 Å². The van der Waals surface area contributed by atoms with E-state index >= 15 is 0 Å². The average Bonchev–Trinajstić information content (AvgIpc) is 2.98. The SMILES string of the molecule is CC1(NCC(C(=O)O)c2ccccc2)CC1. The first-order valence-electron chi connectivity index (χ1n) is 5.63. The Labute approximate surface area is 95.5 Å². The Kier molecular flexibility index (Phi) is 2.97. The highest BCUT2D eigenvalue weighted by Gasteiger charge is 2.37. The maximum atomic E-state index is 11.2. The molecule has 0 amide bonds. The third-order valence-corrected chi connectivity index (χ3v) is 3.23. The summed E-state index contributed by atoms with van der Waals surface area (Å²) >= 11 is 0. The summed E-state index contributed by atoms with van der Waals surface area (Å²) in [5, 5.41) is 12.5. The van der Waals surface area contributed by atoms with E-state index in [1.54, 1.807) is 0 Å². The van der Waals surface area contributed by atoms with Gasteiger partial charge in [0.25, 0.3) is 0 Å². The van der Waals surface area contributed by atoms with E-state index in [2.05, 4.69) is 12.2 Å². The molecule has 1 aliphatic rings.